The summed E-state index contributed by atoms with van der Waals surface area (Å²) < 4.78 is 12.9. The van der Waals surface area contributed by atoms with Crippen molar-refractivity contribution in [2.45, 2.75) is 32.7 Å². The molecule has 0 spiro atoms. The summed E-state index contributed by atoms with van der Waals surface area (Å²) >= 11 is 0. The number of hydrogen-bond acceptors (Lipinski definition) is 3. The summed E-state index contributed by atoms with van der Waals surface area (Å²) in [5.74, 6) is -0.856. The highest BCUT2D eigenvalue weighted by molar-refractivity contribution is 6.39. The van der Waals surface area contributed by atoms with Crippen LogP contribution in [-0.2, 0) is 4.79 Å². The zero-order valence-electron chi connectivity index (χ0n) is 14.3. The van der Waals surface area contributed by atoms with Gasteiger partial charge in [0.15, 0.2) is 5.84 Å². The van der Waals surface area contributed by atoms with Crippen molar-refractivity contribution in [2.75, 3.05) is 0 Å². The molecule has 0 aromatic heterocycles. The highest BCUT2D eigenvalue weighted by Gasteiger charge is 2.29. The van der Waals surface area contributed by atoms with E-state index in [1.807, 2.05) is 6.92 Å². The van der Waals surface area contributed by atoms with Crippen molar-refractivity contribution in [3.8, 4) is 0 Å². The molecule has 132 valence electrons. The van der Waals surface area contributed by atoms with Crippen molar-refractivity contribution in [2.24, 2.45) is 16.6 Å². The molecule has 0 heterocycles. The number of carbonyl (C=O) groups excluding carboxylic acids is 1. The largest absolute Gasteiger partial charge is 0.379 e. The molecular formula is C18H22FN5O. The van der Waals surface area contributed by atoms with Gasteiger partial charge in [0.1, 0.15) is 11.7 Å². The first kappa shape index (κ1) is 18.5. The maximum Gasteiger partial charge on any atom is 0.286 e. The normalized spacial score (nSPS) is 16.3. The first-order valence-electron chi connectivity index (χ1n) is 8.04. The lowest BCUT2D eigenvalue weighted by molar-refractivity contribution is -0.115. The van der Waals surface area contributed by atoms with Crippen LogP contribution in [0.2, 0.25) is 0 Å². The molecule has 6 nitrogen and oxygen atoms in total. The first-order valence-corrected chi connectivity index (χ1v) is 8.04. The van der Waals surface area contributed by atoms with E-state index < -0.39 is 5.91 Å². The minimum Gasteiger partial charge on any atom is -0.379 e. The number of amides is 1. The molecule has 1 saturated carbocycles. The van der Waals surface area contributed by atoms with Gasteiger partial charge in [0.25, 0.3) is 5.91 Å². The predicted octanol–water partition coefficient (Wildman–Crippen LogP) is 2.39. The molecular weight excluding hydrogens is 321 g/mol. The number of carbonyl (C=O) groups is 1. The van der Waals surface area contributed by atoms with E-state index in [1.54, 1.807) is 6.92 Å². The molecule has 5 N–H and O–H groups in total. The van der Waals surface area contributed by atoms with E-state index in [1.165, 1.54) is 30.3 Å². The second-order valence-electron chi connectivity index (χ2n) is 6.19. The minimum atomic E-state index is -0.495. The number of nitrogens with zero attached hydrogens (tertiary/aromatic N) is 1. The van der Waals surface area contributed by atoms with Gasteiger partial charge >= 0.3 is 0 Å². The number of benzene rings is 1. The van der Waals surface area contributed by atoms with E-state index in [9.17, 15) is 9.18 Å². The Bertz CT molecular complexity index is 747. The summed E-state index contributed by atoms with van der Waals surface area (Å²) in [6.07, 6.45) is 3.63. The van der Waals surface area contributed by atoms with Crippen molar-refractivity contribution in [1.29, 1.82) is 10.8 Å². The molecule has 7 heteroatoms. The lowest BCUT2D eigenvalue weighted by Crippen LogP contribution is -2.42. The van der Waals surface area contributed by atoms with E-state index >= 15 is 0 Å². The predicted molar refractivity (Wildman–Crippen MR) is 96.7 cm³/mol. The third kappa shape index (κ3) is 5.34. The summed E-state index contributed by atoms with van der Waals surface area (Å²) in [7, 11) is 0. The SMILES string of the molecule is C/C(=C/C(=N)c1ccc(F)cc1)C(=N)N=C(N)C(=O)N[C@@H](C)C1CC1. The van der Waals surface area contributed by atoms with Gasteiger partial charge in [0.05, 0.1) is 5.71 Å². The van der Waals surface area contributed by atoms with Crippen molar-refractivity contribution in [1.82, 2.24) is 5.32 Å². The topological polar surface area (TPSA) is 115 Å². The van der Waals surface area contributed by atoms with Crippen LogP contribution in [0.25, 0.3) is 0 Å². The van der Waals surface area contributed by atoms with E-state index in [0.717, 1.165) is 12.8 Å². The van der Waals surface area contributed by atoms with E-state index in [2.05, 4.69) is 10.3 Å². The fraction of sp³-hybridized carbons (Fsp3) is 0.333. The number of nitrogens with one attached hydrogen (secondary N) is 3. The van der Waals surface area contributed by atoms with Crippen molar-refractivity contribution >= 4 is 23.3 Å². The Labute approximate surface area is 146 Å². The molecule has 2 rings (SSSR count). The van der Waals surface area contributed by atoms with Gasteiger partial charge in [-0.25, -0.2) is 9.38 Å². The summed E-state index contributed by atoms with van der Waals surface area (Å²) in [4.78, 5) is 15.8. The molecule has 1 aromatic carbocycles. The number of nitrogens with two attached hydrogens (primary N) is 1. The lowest BCUT2D eigenvalue weighted by Gasteiger charge is -2.12. The van der Waals surface area contributed by atoms with Crippen molar-refractivity contribution < 1.29 is 9.18 Å². The minimum absolute atomic E-state index is 0.0405. The fourth-order valence-corrected chi connectivity index (χ4v) is 2.25. The number of allylic oxidation sites excluding steroid dienone is 1. The second-order valence-corrected chi connectivity index (χ2v) is 6.19. The Hall–Kier alpha value is -2.83. The van der Waals surface area contributed by atoms with Crippen LogP contribution in [0.4, 0.5) is 4.39 Å². The Morgan fingerprint density at radius 1 is 1.36 bits per heavy atom. The molecule has 0 unspecified atom stereocenters. The third-order valence-corrected chi connectivity index (χ3v) is 4.04. The molecule has 0 bridgehead atoms. The smallest absolute Gasteiger partial charge is 0.286 e. The summed E-state index contributed by atoms with van der Waals surface area (Å²) in [6, 6.07) is 5.53. The van der Waals surface area contributed by atoms with Gasteiger partial charge in [-0.1, -0.05) is 0 Å². The number of hydrogen-bond donors (Lipinski definition) is 4. The van der Waals surface area contributed by atoms with Gasteiger partial charge in [0, 0.05) is 6.04 Å². The number of amidine groups is 2. The molecule has 1 amide bonds. The summed E-state index contributed by atoms with van der Waals surface area (Å²) in [6.45, 7) is 3.52. The van der Waals surface area contributed by atoms with Crippen molar-refractivity contribution in [3.05, 3.63) is 47.3 Å². The highest BCUT2D eigenvalue weighted by Crippen LogP contribution is 2.32. The van der Waals surface area contributed by atoms with Crippen LogP contribution in [0.15, 0.2) is 40.9 Å². The average molecular weight is 343 g/mol. The number of aliphatic imine (C=N–C) groups is 1. The Balaban J connectivity index is 2.00. The highest BCUT2D eigenvalue weighted by atomic mass is 19.1. The Morgan fingerprint density at radius 2 is 1.96 bits per heavy atom. The average Bonchev–Trinajstić information content (AvgIpc) is 3.40. The van der Waals surface area contributed by atoms with Crippen LogP contribution in [0.3, 0.4) is 0 Å². The molecule has 0 aliphatic heterocycles. The standard InChI is InChI=1S/C18H22FN5O/c1-10(9-15(20)13-5-7-14(19)8-6-13)16(21)24-17(22)18(25)23-11(2)12-3-4-12/h5-9,11-12,20H,3-4H2,1-2H3,(H,23,25)(H3,21,22,24)/b10-9-,20-15?/t11-/m0/s1. The molecule has 1 fully saturated rings. The lowest BCUT2D eigenvalue weighted by atomic mass is 10.1. The molecule has 0 saturated heterocycles. The second kappa shape index (κ2) is 7.83. The van der Waals surface area contributed by atoms with Crippen LogP contribution in [0, 0.1) is 22.6 Å². The van der Waals surface area contributed by atoms with Gasteiger partial charge in [-0.3, -0.25) is 10.2 Å². The summed E-state index contributed by atoms with van der Waals surface area (Å²) in [5.41, 5.74) is 6.66. The fourth-order valence-electron chi connectivity index (χ4n) is 2.25. The quantitative estimate of drug-likeness (QED) is 0.485. The van der Waals surface area contributed by atoms with Crippen LogP contribution in [-0.4, -0.2) is 29.3 Å². The monoisotopic (exact) mass is 343 g/mol. The van der Waals surface area contributed by atoms with Crippen LogP contribution in [0.1, 0.15) is 32.3 Å². The maximum atomic E-state index is 12.9. The molecule has 0 radical (unpaired) electrons. The number of halogens is 1. The van der Waals surface area contributed by atoms with E-state index in [4.69, 9.17) is 16.6 Å². The first-order chi connectivity index (χ1) is 11.8. The molecule has 25 heavy (non-hydrogen) atoms. The zero-order chi connectivity index (χ0) is 18.6. The van der Waals surface area contributed by atoms with Crippen LogP contribution < -0.4 is 11.1 Å². The summed E-state index contributed by atoms with van der Waals surface area (Å²) in [5, 5.41) is 18.7. The van der Waals surface area contributed by atoms with Crippen LogP contribution >= 0.6 is 0 Å². The van der Waals surface area contributed by atoms with Gasteiger partial charge in [-0.2, -0.15) is 0 Å². The van der Waals surface area contributed by atoms with Gasteiger partial charge in [-0.15, -0.1) is 0 Å². The Kier molecular flexibility index (Phi) is 5.80. The van der Waals surface area contributed by atoms with Crippen LogP contribution in [0.5, 0.6) is 0 Å². The third-order valence-electron chi connectivity index (χ3n) is 4.04. The van der Waals surface area contributed by atoms with E-state index in [0.29, 0.717) is 17.1 Å². The maximum absolute atomic E-state index is 12.9. The van der Waals surface area contributed by atoms with E-state index in [-0.39, 0.29) is 29.2 Å². The molecule has 1 atom stereocenters. The van der Waals surface area contributed by atoms with Gasteiger partial charge in [0.2, 0.25) is 0 Å². The number of rotatable bonds is 5. The van der Waals surface area contributed by atoms with Gasteiger partial charge in [-0.05, 0) is 74.1 Å². The van der Waals surface area contributed by atoms with Gasteiger partial charge < -0.3 is 16.5 Å². The Morgan fingerprint density at radius 3 is 2.52 bits per heavy atom. The molecule has 1 aromatic rings. The molecule has 1 aliphatic carbocycles. The zero-order valence-corrected chi connectivity index (χ0v) is 14.3. The molecule has 1 aliphatic rings. The van der Waals surface area contributed by atoms with Crippen molar-refractivity contribution in [3.63, 3.8) is 0 Å².